The lowest BCUT2D eigenvalue weighted by Gasteiger charge is -2.19. The molecule has 0 bridgehead atoms. The number of urea groups is 1. The van der Waals surface area contributed by atoms with Gasteiger partial charge in [0, 0.05) is 16.2 Å². The number of esters is 1. The monoisotopic (exact) mass is 434 g/mol. The van der Waals surface area contributed by atoms with Crippen LogP contribution in [0.3, 0.4) is 0 Å². The average molecular weight is 435 g/mol. The Labute approximate surface area is 162 Å². The maximum Gasteiger partial charge on any atom is 0.338 e. The van der Waals surface area contributed by atoms with Gasteiger partial charge in [0.1, 0.15) is 13.2 Å². The zero-order chi connectivity index (χ0) is 19.2. The first-order valence-corrected chi connectivity index (χ1v) is 8.74. The Hall–Kier alpha value is -3.07. The van der Waals surface area contributed by atoms with E-state index in [1.165, 1.54) is 0 Å². The summed E-state index contributed by atoms with van der Waals surface area (Å²) >= 11 is 3.26. The van der Waals surface area contributed by atoms with Gasteiger partial charge in [-0.3, -0.25) is 10.1 Å². The van der Waals surface area contributed by atoms with Gasteiger partial charge >= 0.3 is 12.0 Å². The first-order valence-electron chi connectivity index (χ1n) is 7.94. The Balaban J connectivity index is 1.47. The van der Waals surface area contributed by atoms with Crippen molar-refractivity contribution < 1.29 is 28.6 Å². The van der Waals surface area contributed by atoms with E-state index in [0.717, 1.165) is 4.47 Å². The van der Waals surface area contributed by atoms with Crippen LogP contribution in [0.4, 0.5) is 10.5 Å². The molecule has 2 aromatic carbocycles. The third-order valence-corrected chi connectivity index (χ3v) is 4.00. The minimum absolute atomic E-state index is 0.298. The average Bonchev–Trinajstić information content (AvgIpc) is 2.66. The lowest BCUT2D eigenvalue weighted by molar-refractivity contribution is -0.123. The van der Waals surface area contributed by atoms with E-state index in [9.17, 15) is 14.4 Å². The van der Waals surface area contributed by atoms with Gasteiger partial charge in [0.05, 0.1) is 5.56 Å². The fourth-order valence-electron chi connectivity index (χ4n) is 2.25. The molecular weight excluding hydrogens is 420 g/mol. The molecule has 27 heavy (non-hydrogen) atoms. The predicted octanol–water partition coefficient (Wildman–Crippen LogP) is 2.73. The van der Waals surface area contributed by atoms with E-state index < -0.39 is 24.5 Å². The van der Waals surface area contributed by atoms with Crippen molar-refractivity contribution in [2.75, 3.05) is 25.1 Å². The maximum atomic E-state index is 11.9. The van der Waals surface area contributed by atoms with Crippen LogP contribution in [0.25, 0.3) is 0 Å². The maximum absolute atomic E-state index is 11.9. The third kappa shape index (κ3) is 5.20. The number of hydrogen-bond donors (Lipinski definition) is 2. The van der Waals surface area contributed by atoms with Crippen LogP contribution in [0.15, 0.2) is 46.9 Å². The molecule has 0 fully saturated rings. The highest BCUT2D eigenvalue weighted by molar-refractivity contribution is 9.10. The molecule has 8 nitrogen and oxygen atoms in total. The Morgan fingerprint density at radius 2 is 1.70 bits per heavy atom. The zero-order valence-electron chi connectivity index (χ0n) is 14.0. The van der Waals surface area contributed by atoms with Gasteiger partial charge in [-0.25, -0.2) is 9.59 Å². The van der Waals surface area contributed by atoms with Gasteiger partial charge in [-0.1, -0.05) is 15.9 Å². The van der Waals surface area contributed by atoms with Crippen molar-refractivity contribution in [2.45, 2.75) is 0 Å². The van der Waals surface area contributed by atoms with Gasteiger partial charge in [-0.2, -0.15) is 0 Å². The summed E-state index contributed by atoms with van der Waals surface area (Å²) in [6.45, 7) is 0.308. The molecule has 1 heterocycles. The molecule has 2 aromatic rings. The molecule has 1 aliphatic heterocycles. The number of carbonyl (C=O) groups is 3. The van der Waals surface area contributed by atoms with Gasteiger partial charge in [-0.05, 0) is 36.4 Å². The van der Waals surface area contributed by atoms with Crippen LogP contribution in [-0.2, 0) is 9.53 Å². The van der Waals surface area contributed by atoms with E-state index in [-0.39, 0.29) is 0 Å². The van der Waals surface area contributed by atoms with E-state index in [1.807, 2.05) is 0 Å². The highest BCUT2D eigenvalue weighted by Gasteiger charge is 2.15. The second-order valence-corrected chi connectivity index (χ2v) is 6.36. The van der Waals surface area contributed by atoms with E-state index in [4.69, 9.17) is 14.2 Å². The quantitative estimate of drug-likeness (QED) is 0.717. The highest BCUT2D eigenvalue weighted by atomic mass is 79.9. The molecule has 3 rings (SSSR count). The standard InChI is InChI=1S/C18H15BrN2O6/c19-12-3-1-11(2-4-12)17(23)27-10-16(22)21-18(24)20-13-5-6-14-15(9-13)26-8-7-25-14/h1-6,9H,7-8,10H2,(H2,20,21,22,24). The van der Waals surface area contributed by atoms with Crippen molar-refractivity contribution in [3.63, 3.8) is 0 Å². The fourth-order valence-corrected chi connectivity index (χ4v) is 2.51. The number of ether oxygens (including phenoxy) is 3. The van der Waals surface area contributed by atoms with Crippen molar-refractivity contribution in [1.29, 1.82) is 0 Å². The molecule has 0 saturated carbocycles. The summed E-state index contributed by atoms with van der Waals surface area (Å²) in [7, 11) is 0. The van der Waals surface area contributed by atoms with Gasteiger partial charge in [-0.15, -0.1) is 0 Å². The van der Waals surface area contributed by atoms with Crippen molar-refractivity contribution in [1.82, 2.24) is 5.32 Å². The number of benzene rings is 2. The molecular formula is C18H15BrN2O6. The summed E-state index contributed by atoms with van der Waals surface area (Å²) in [5, 5.41) is 4.58. The summed E-state index contributed by atoms with van der Waals surface area (Å²) in [5.41, 5.74) is 0.725. The number of anilines is 1. The van der Waals surface area contributed by atoms with Crippen LogP contribution in [0, 0.1) is 0 Å². The fraction of sp³-hybridized carbons (Fsp3) is 0.167. The molecule has 0 saturated heterocycles. The van der Waals surface area contributed by atoms with E-state index in [2.05, 4.69) is 26.6 Å². The molecule has 1 aliphatic rings. The number of amides is 3. The number of fused-ring (bicyclic) bond motifs is 1. The largest absolute Gasteiger partial charge is 0.486 e. The van der Waals surface area contributed by atoms with Crippen LogP contribution in [0.1, 0.15) is 10.4 Å². The molecule has 140 valence electrons. The third-order valence-electron chi connectivity index (χ3n) is 3.47. The van der Waals surface area contributed by atoms with Crippen LogP contribution >= 0.6 is 15.9 Å². The molecule has 0 spiro atoms. The lowest BCUT2D eigenvalue weighted by Crippen LogP contribution is -2.37. The van der Waals surface area contributed by atoms with Crippen LogP contribution < -0.4 is 20.1 Å². The van der Waals surface area contributed by atoms with Gasteiger partial charge in [0.15, 0.2) is 18.1 Å². The molecule has 0 atom stereocenters. The van der Waals surface area contributed by atoms with E-state index in [1.54, 1.807) is 42.5 Å². The van der Waals surface area contributed by atoms with Crippen molar-refractivity contribution >= 4 is 39.5 Å². The lowest BCUT2D eigenvalue weighted by atomic mass is 10.2. The van der Waals surface area contributed by atoms with Crippen LogP contribution in [0.2, 0.25) is 0 Å². The van der Waals surface area contributed by atoms with Crippen molar-refractivity contribution in [3.8, 4) is 11.5 Å². The second kappa shape index (κ2) is 8.54. The number of hydrogen-bond acceptors (Lipinski definition) is 6. The smallest absolute Gasteiger partial charge is 0.338 e. The molecule has 2 N–H and O–H groups in total. The Bertz CT molecular complexity index is 869. The molecule has 3 amide bonds. The Morgan fingerprint density at radius 3 is 2.44 bits per heavy atom. The summed E-state index contributed by atoms with van der Waals surface area (Å²) in [6, 6.07) is 10.6. The zero-order valence-corrected chi connectivity index (χ0v) is 15.6. The predicted molar refractivity (Wildman–Crippen MR) is 99.0 cm³/mol. The van der Waals surface area contributed by atoms with Gasteiger partial charge < -0.3 is 19.5 Å². The molecule has 0 radical (unpaired) electrons. The summed E-state index contributed by atoms with van der Waals surface area (Å²) in [4.78, 5) is 35.5. The Kier molecular flexibility index (Phi) is 5.92. The van der Waals surface area contributed by atoms with Crippen molar-refractivity contribution in [2.24, 2.45) is 0 Å². The minimum atomic E-state index is -0.754. The van der Waals surface area contributed by atoms with Gasteiger partial charge in [0.25, 0.3) is 5.91 Å². The summed E-state index contributed by atoms with van der Waals surface area (Å²) < 4.78 is 16.5. The van der Waals surface area contributed by atoms with Gasteiger partial charge in [0.2, 0.25) is 0 Å². The minimum Gasteiger partial charge on any atom is -0.486 e. The molecule has 0 unspecified atom stereocenters. The molecule has 0 aliphatic carbocycles. The van der Waals surface area contributed by atoms with Crippen molar-refractivity contribution in [3.05, 3.63) is 52.5 Å². The number of nitrogens with one attached hydrogen (secondary N) is 2. The summed E-state index contributed by atoms with van der Waals surface area (Å²) in [5.74, 6) is -0.322. The summed E-state index contributed by atoms with van der Waals surface area (Å²) in [6.07, 6.45) is 0. The normalized spacial score (nSPS) is 12.0. The van der Waals surface area contributed by atoms with Crippen LogP contribution in [-0.4, -0.2) is 37.7 Å². The Morgan fingerprint density at radius 1 is 1.00 bits per heavy atom. The van der Waals surface area contributed by atoms with E-state index in [0.29, 0.717) is 36.0 Å². The second-order valence-electron chi connectivity index (χ2n) is 5.44. The number of imide groups is 1. The SMILES string of the molecule is O=C(COC(=O)c1ccc(Br)cc1)NC(=O)Nc1ccc2c(c1)OCCO2. The topological polar surface area (TPSA) is 103 Å². The molecule has 9 heteroatoms. The highest BCUT2D eigenvalue weighted by Crippen LogP contribution is 2.32. The van der Waals surface area contributed by atoms with Crippen LogP contribution in [0.5, 0.6) is 11.5 Å². The number of rotatable bonds is 4. The molecule has 0 aromatic heterocycles. The first-order chi connectivity index (χ1) is 13.0. The van der Waals surface area contributed by atoms with E-state index >= 15 is 0 Å². The number of carbonyl (C=O) groups excluding carboxylic acids is 3. The number of halogens is 1. The first kappa shape index (κ1) is 18.7.